The molecule has 0 fully saturated rings. The maximum absolute atomic E-state index is 13.0. The molecule has 0 aliphatic rings. The molecule has 2 amide bonds. The van der Waals surface area contributed by atoms with Crippen molar-refractivity contribution in [2.45, 2.75) is 6.92 Å². The molecule has 1 heterocycles. The van der Waals surface area contributed by atoms with Gasteiger partial charge in [-0.05, 0) is 31.2 Å². The first-order valence-electron chi connectivity index (χ1n) is 10.5. The Kier molecular flexibility index (Phi) is 6.75. The fourth-order valence-electron chi connectivity index (χ4n) is 3.18. The van der Waals surface area contributed by atoms with Crippen molar-refractivity contribution in [2.75, 3.05) is 18.5 Å². The molecule has 1 aromatic heterocycles. The molecule has 0 atom stereocenters. The third kappa shape index (κ3) is 5.43. The van der Waals surface area contributed by atoms with Gasteiger partial charge in [-0.15, -0.1) is 5.10 Å². The molecular weight excluding hydrogens is 418 g/mol. The number of aromatic nitrogens is 3. The second-order valence-corrected chi connectivity index (χ2v) is 7.10. The first-order valence-corrected chi connectivity index (χ1v) is 10.5. The number of para-hydroxylation sites is 1. The molecule has 8 nitrogen and oxygen atoms in total. The van der Waals surface area contributed by atoms with Crippen LogP contribution < -0.4 is 15.4 Å². The molecule has 2 N–H and O–H groups in total. The lowest BCUT2D eigenvalue weighted by molar-refractivity contribution is -0.122. The van der Waals surface area contributed by atoms with Gasteiger partial charge >= 0.3 is 0 Å². The molecule has 0 aliphatic heterocycles. The molecule has 4 rings (SSSR count). The normalized spacial score (nSPS) is 10.5. The number of rotatable bonds is 8. The molecule has 0 spiro atoms. The van der Waals surface area contributed by atoms with Crippen molar-refractivity contribution < 1.29 is 14.3 Å². The van der Waals surface area contributed by atoms with E-state index in [9.17, 15) is 9.59 Å². The van der Waals surface area contributed by atoms with Crippen LogP contribution in [0.4, 0.5) is 5.69 Å². The van der Waals surface area contributed by atoms with Crippen LogP contribution in [0.2, 0.25) is 0 Å². The zero-order valence-electron chi connectivity index (χ0n) is 18.1. The summed E-state index contributed by atoms with van der Waals surface area (Å²) < 4.78 is 7.14. The highest BCUT2D eigenvalue weighted by Gasteiger charge is 2.19. The zero-order chi connectivity index (χ0) is 23.0. The second-order valence-electron chi connectivity index (χ2n) is 7.10. The number of benzene rings is 3. The molecule has 166 valence electrons. The molecule has 0 aliphatic carbocycles. The Labute approximate surface area is 191 Å². The van der Waals surface area contributed by atoms with Crippen LogP contribution in [0.1, 0.15) is 17.5 Å². The highest BCUT2D eigenvalue weighted by molar-refractivity contribution is 6.02. The van der Waals surface area contributed by atoms with Crippen molar-refractivity contribution in [1.29, 1.82) is 0 Å². The summed E-state index contributed by atoms with van der Waals surface area (Å²) in [5.74, 6) is 0.392. The standard InChI is InChI=1S/C25H23N5O3/c1-2-26-22(31)17-33-21-15-9-12-19(16-21)27-25(32)23-28-24(18-10-5-3-6-11-18)30(29-23)20-13-7-4-8-14-20/h3-16H,2,17H2,1H3,(H,26,31)(H,27,32). The number of amides is 2. The van der Waals surface area contributed by atoms with Crippen LogP contribution in [0.3, 0.4) is 0 Å². The predicted molar refractivity (Wildman–Crippen MR) is 125 cm³/mol. The van der Waals surface area contributed by atoms with E-state index in [1.54, 1.807) is 28.9 Å². The van der Waals surface area contributed by atoms with Gasteiger partial charge in [0.05, 0.1) is 5.69 Å². The quantitative estimate of drug-likeness (QED) is 0.434. The van der Waals surface area contributed by atoms with Gasteiger partial charge in [0, 0.05) is 23.9 Å². The van der Waals surface area contributed by atoms with E-state index in [0.717, 1.165) is 11.3 Å². The van der Waals surface area contributed by atoms with E-state index in [4.69, 9.17) is 4.74 Å². The third-order valence-electron chi connectivity index (χ3n) is 4.68. The predicted octanol–water partition coefficient (Wildman–Crippen LogP) is 3.70. The Morgan fingerprint density at radius 2 is 1.67 bits per heavy atom. The minimum atomic E-state index is -0.456. The monoisotopic (exact) mass is 441 g/mol. The van der Waals surface area contributed by atoms with Crippen molar-refractivity contribution in [2.24, 2.45) is 0 Å². The van der Waals surface area contributed by atoms with Crippen molar-refractivity contribution in [1.82, 2.24) is 20.1 Å². The molecule has 0 saturated heterocycles. The number of ether oxygens (including phenoxy) is 1. The number of nitrogens with zero attached hydrogens (tertiary/aromatic N) is 3. The summed E-state index contributed by atoms with van der Waals surface area (Å²) in [6.07, 6.45) is 0. The van der Waals surface area contributed by atoms with Crippen LogP contribution in [-0.4, -0.2) is 39.7 Å². The smallest absolute Gasteiger partial charge is 0.295 e. The van der Waals surface area contributed by atoms with Gasteiger partial charge in [0.1, 0.15) is 5.75 Å². The average molecular weight is 441 g/mol. The Balaban J connectivity index is 1.56. The molecule has 0 radical (unpaired) electrons. The van der Waals surface area contributed by atoms with Crippen LogP contribution in [0.15, 0.2) is 84.9 Å². The molecule has 3 aromatic carbocycles. The highest BCUT2D eigenvalue weighted by Crippen LogP contribution is 2.22. The van der Waals surface area contributed by atoms with Crippen LogP contribution in [-0.2, 0) is 4.79 Å². The van der Waals surface area contributed by atoms with E-state index in [0.29, 0.717) is 23.8 Å². The van der Waals surface area contributed by atoms with Gasteiger partial charge in [-0.25, -0.2) is 9.67 Å². The molecule has 0 unspecified atom stereocenters. The van der Waals surface area contributed by atoms with E-state index in [2.05, 4.69) is 20.7 Å². The van der Waals surface area contributed by atoms with Crippen molar-refractivity contribution in [3.05, 3.63) is 90.8 Å². The van der Waals surface area contributed by atoms with Gasteiger partial charge in [0.25, 0.3) is 11.8 Å². The van der Waals surface area contributed by atoms with E-state index < -0.39 is 5.91 Å². The average Bonchev–Trinajstić information content (AvgIpc) is 3.30. The maximum atomic E-state index is 13.0. The fraction of sp³-hybridized carbons (Fsp3) is 0.120. The lowest BCUT2D eigenvalue weighted by Gasteiger charge is -2.08. The van der Waals surface area contributed by atoms with Crippen LogP contribution in [0.25, 0.3) is 17.1 Å². The fourth-order valence-corrected chi connectivity index (χ4v) is 3.18. The summed E-state index contributed by atoms with van der Waals surface area (Å²) in [5.41, 5.74) is 2.14. The number of hydrogen-bond acceptors (Lipinski definition) is 5. The summed E-state index contributed by atoms with van der Waals surface area (Å²) in [4.78, 5) is 29.1. The summed E-state index contributed by atoms with van der Waals surface area (Å²) in [6, 6.07) is 25.9. The van der Waals surface area contributed by atoms with Crippen molar-refractivity contribution >= 4 is 17.5 Å². The van der Waals surface area contributed by atoms with Crippen LogP contribution in [0, 0.1) is 0 Å². The van der Waals surface area contributed by atoms with Gasteiger partial charge in [-0.3, -0.25) is 9.59 Å². The van der Waals surface area contributed by atoms with Crippen molar-refractivity contribution in [3.8, 4) is 22.8 Å². The van der Waals surface area contributed by atoms with E-state index >= 15 is 0 Å². The first-order chi connectivity index (χ1) is 16.1. The van der Waals surface area contributed by atoms with Gasteiger partial charge in [0.15, 0.2) is 12.4 Å². The molecule has 8 heteroatoms. The molecule has 4 aromatic rings. The lowest BCUT2D eigenvalue weighted by atomic mass is 10.2. The third-order valence-corrected chi connectivity index (χ3v) is 4.68. The number of carbonyl (C=O) groups is 2. The summed E-state index contributed by atoms with van der Waals surface area (Å²) in [7, 11) is 0. The number of hydrogen-bond donors (Lipinski definition) is 2. The topological polar surface area (TPSA) is 98.1 Å². The molecular formula is C25H23N5O3. The number of anilines is 1. The first kappa shape index (κ1) is 21.8. The summed E-state index contributed by atoms with van der Waals surface area (Å²) >= 11 is 0. The lowest BCUT2D eigenvalue weighted by Crippen LogP contribution is -2.28. The van der Waals surface area contributed by atoms with Gasteiger partial charge in [-0.1, -0.05) is 54.6 Å². The summed E-state index contributed by atoms with van der Waals surface area (Å²) in [6.45, 7) is 2.27. The van der Waals surface area contributed by atoms with E-state index in [1.807, 2.05) is 67.6 Å². The Hall–Kier alpha value is -4.46. The Bertz CT molecular complexity index is 1180. The zero-order valence-corrected chi connectivity index (χ0v) is 18.1. The minimum Gasteiger partial charge on any atom is -0.484 e. The number of carbonyl (C=O) groups excluding carboxylic acids is 2. The van der Waals surface area contributed by atoms with Gasteiger partial charge < -0.3 is 15.4 Å². The molecule has 0 bridgehead atoms. The summed E-state index contributed by atoms with van der Waals surface area (Å²) in [5, 5.41) is 9.93. The van der Waals surface area contributed by atoms with E-state index in [-0.39, 0.29) is 18.3 Å². The Morgan fingerprint density at radius 1 is 0.939 bits per heavy atom. The molecule has 0 saturated carbocycles. The largest absolute Gasteiger partial charge is 0.484 e. The second kappa shape index (κ2) is 10.2. The van der Waals surface area contributed by atoms with Crippen LogP contribution in [0.5, 0.6) is 5.75 Å². The highest BCUT2D eigenvalue weighted by atomic mass is 16.5. The maximum Gasteiger partial charge on any atom is 0.295 e. The SMILES string of the molecule is CCNC(=O)COc1cccc(NC(=O)c2nc(-c3ccccc3)n(-c3ccccc3)n2)c1. The minimum absolute atomic E-state index is 0.0337. The van der Waals surface area contributed by atoms with Gasteiger partial charge in [-0.2, -0.15) is 0 Å². The Morgan fingerprint density at radius 3 is 2.39 bits per heavy atom. The van der Waals surface area contributed by atoms with Crippen molar-refractivity contribution in [3.63, 3.8) is 0 Å². The van der Waals surface area contributed by atoms with Gasteiger partial charge in [0.2, 0.25) is 5.82 Å². The van der Waals surface area contributed by atoms with Crippen LogP contribution >= 0.6 is 0 Å². The number of likely N-dealkylation sites (N-methyl/N-ethyl adjacent to an activating group) is 1. The van der Waals surface area contributed by atoms with E-state index in [1.165, 1.54) is 0 Å². The molecule has 33 heavy (non-hydrogen) atoms. The number of nitrogens with one attached hydrogen (secondary N) is 2.